The highest BCUT2D eigenvalue weighted by Crippen LogP contribution is 2.20. The van der Waals surface area contributed by atoms with Gasteiger partial charge in [0.1, 0.15) is 0 Å². The molecule has 0 aliphatic carbocycles. The number of aromatic amines is 1. The topological polar surface area (TPSA) is 42.1 Å². The lowest BCUT2D eigenvalue weighted by atomic mass is 10.2. The second kappa shape index (κ2) is 4.26. The van der Waals surface area contributed by atoms with Crippen LogP contribution in [0.2, 0.25) is 0 Å². The Morgan fingerprint density at radius 2 is 2.13 bits per heavy atom. The minimum Gasteiger partial charge on any atom is -0.400 e. The standard InChI is InChI=1S/C8H7BrF3NO2/c1-4-5(2-9)13-3-6(7(4)14)15-8(10,11)12/h3H,2H2,1H3,(H,13,14). The molecule has 3 nitrogen and oxygen atoms in total. The summed E-state index contributed by atoms with van der Waals surface area (Å²) in [6, 6.07) is 0. The largest absolute Gasteiger partial charge is 0.573 e. The predicted octanol–water partition coefficient (Wildman–Crippen LogP) is 2.48. The molecule has 1 aromatic rings. The maximum atomic E-state index is 11.9. The van der Waals surface area contributed by atoms with E-state index in [1.54, 1.807) is 0 Å². The first-order chi connectivity index (χ1) is 6.85. The van der Waals surface area contributed by atoms with Gasteiger partial charge < -0.3 is 9.72 Å². The molecule has 1 aromatic heterocycles. The monoisotopic (exact) mass is 285 g/mol. The van der Waals surface area contributed by atoms with Crippen LogP contribution in [0.5, 0.6) is 5.75 Å². The summed E-state index contributed by atoms with van der Waals surface area (Å²) < 4.78 is 39.1. The number of nitrogens with one attached hydrogen (secondary N) is 1. The van der Waals surface area contributed by atoms with Crippen molar-refractivity contribution in [3.8, 4) is 5.75 Å². The molecule has 1 N–H and O–H groups in total. The molecule has 84 valence electrons. The SMILES string of the molecule is Cc1c(CBr)[nH]cc(OC(F)(F)F)c1=O. The van der Waals surface area contributed by atoms with E-state index in [0.717, 1.165) is 6.20 Å². The number of halogens is 4. The van der Waals surface area contributed by atoms with Gasteiger partial charge in [-0.2, -0.15) is 0 Å². The molecule has 0 unspecified atom stereocenters. The van der Waals surface area contributed by atoms with Crippen molar-refractivity contribution in [3.05, 3.63) is 27.7 Å². The van der Waals surface area contributed by atoms with E-state index < -0.39 is 17.5 Å². The molecule has 0 aromatic carbocycles. The molecule has 0 atom stereocenters. The maximum absolute atomic E-state index is 11.9. The average Bonchev–Trinajstić information content (AvgIpc) is 2.11. The Kier molecular flexibility index (Phi) is 3.43. The molecule has 1 rings (SSSR count). The molecule has 1 heterocycles. The van der Waals surface area contributed by atoms with E-state index in [9.17, 15) is 18.0 Å². The summed E-state index contributed by atoms with van der Waals surface area (Å²) in [5.74, 6) is -0.746. The number of aromatic nitrogens is 1. The van der Waals surface area contributed by atoms with Crippen LogP contribution in [0.25, 0.3) is 0 Å². The van der Waals surface area contributed by atoms with Gasteiger partial charge in [-0.05, 0) is 6.92 Å². The molecule has 7 heteroatoms. The first-order valence-electron chi connectivity index (χ1n) is 3.88. The second-order valence-corrected chi connectivity index (χ2v) is 3.33. The van der Waals surface area contributed by atoms with E-state index in [-0.39, 0.29) is 5.56 Å². The third-order valence-electron chi connectivity index (χ3n) is 1.75. The van der Waals surface area contributed by atoms with Gasteiger partial charge in [0, 0.05) is 22.8 Å². The van der Waals surface area contributed by atoms with E-state index in [4.69, 9.17) is 0 Å². The molecule has 15 heavy (non-hydrogen) atoms. The minimum absolute atomic E-state index is 0.202. The molecule has 0 aliphatic rings. The van der Waals surface area contributed by atoms with Crippen molar-refractivity contribution in [3.63, 3.8) is 0 Å². The number of rotatable bonds is 2. The Bertz CT molecular complexity index is 413. The fourth-order valence-corrected chi connectivity index (χ4v) is 1.57. The fraction of sp³-hybridized carbons (Fsp3) is 0.375. The number of ether oxygens (including phenoxy) is 1. The van der Waals surface area contributed by atoms with Crippen molar-refractivity contribution in [1.82, 2.24) is 4.98 Å². The van der Waals surface area contributed by atoms with Gasteiger partial charge in [0.05, 0.1) is 0 Å². The van der Waals surface area contributed by atoms with E-state index in [1.165, 1.54) is 6.92 Å². The zero-order valence-electron chi connectivity index (χ0n) is 7.61. The van der Waals surface area contributed by atoms with Gasteiger partial charge in [0.15, 0.2) is 5.75 Å². The number of alkyl halides is 4. The quantitative estimate of drug-likeness (QED) is 0.849. The summed E-state index contributed by atoms with van der Waals surface area (Å²) in [6.07, 6.45) is -3.95. The highest BCUT2D eigenvalue weighted by atomic mass is 79.9. The number of hydrogen-bond donors (Lipinski definition) is 1. The van der Waals surface area contributed by atoms with Gasteiger partial charge >= 0.3 is 6.36 Å². The van der Waals surface area contributed by atoms with Crippen LogP contribution < -0.4 is 10.2 Å². The summed E-state index contributed by atoms with van der Waals surface area (Å²) in [6.45, 7) is 1.43. The van der Waals surface area contributed by atoms with Crippen LogP contribution in [0.3, 0.4) is 0 Å². The van der Waals surface area contributed by atoms with Crippen LogP contribution in [0, 0.1) is 6.92 Å². The Morgan fingerprint density at radius 1 is 1.53 bits per heavy atom. The highest BCUT2D eigenvalue weighted by molar-refractivity contribution is 9.08. The number of pyridine rings is 1. The molecule has 0 spiro atoms. The van der Waals surface area contributed by atoms with Crippen molar-refractivity contribution in [2.24, 2.45) is 0 Å². The molecule has 0 saturated heterocycles. The Labute approximate surface area is 91.4 Å². The predicted molar refractivity (Wildman–Crippen MR) is 51.1 cm³/mol. The van der Waals surface area contributed by atoms with Gasteiger partial charge in [-0.25, -0.2) is 0 Å². The van der Waals surface area contributed by atoms with E-state index in [0.29, 0.717) is 11.0 Å². The lowest BCUT2D eigenvalue weighted by Crippen LogP contribution is -2.23. The van der Waals surface area contributed by atoms with Crippen LogP contribution >= 0.6 is 15.9 Å². The zero-order chi connectivity index (χ0) is 11.6. The summed E-state index contributed by atoms with van der Waals surface area (Å²) in [7, 11) is 0. The molecule has 0 radical (unpaired) electrons. The first-order valence-corrected chi connectivity index (χ1v) is 5.00. The summed E-state index contributed by atoms with van der Waals surface area (Å²) in [5.41, 5.74) is -0.0383. The molecule has 0 bridgehead atoms. The lowest BCUT2D eigenvalue weighted by Gasteiger charge is -2.09. The van der Waals surface area contributed by atoms with Gasteiger partial charge in [-0.3, -0.25) is 4.79 Å². The third kappa shape index (κ3) is 2.98. The first kappa shape index (κ1) is 12.1. The second-order valence-electron chi connectivity index (χ2n) is 2.77. The smallest absolute Gasteiger partial charge is 0.400 e. The molecule has 0 amide bonds. The van der Waals surface area contributed by atoms with Gasteiger partial charge in [0.25, 0.3) is 0 Å². The summed E-state index contributed by atoms with van der Waals surface area (Å²) >= 11 is 3.10. The molecular weight excluding hydrogens is 279 g/mol. The molecule has 0 saturated carbocycles. The van der Waals surface area contributed by atoms with Crippen molar-refractivity contribution in [1.29, 1.82) is 0 Å². The van der Waals surface area contributed by atoms with E-state index in [1.807, 2.05) is 0 Å². The van der Waals surface area contributed by atoms with Gasteiger partial charge in [-0.1, -0.05) is 15.9 Å². The molecular formula is C8H7BrF3NO2. The van der Waals surface area contributed by atoms with Crippen LogP contribution in [0.1, 0.15) is 11.3 Å². The van der Waals surface area contributed by atoms with Crippen molar-refractivity contribution >= 4 is 15.9 Å². The average molecular weight is 286 g/mol. The Balaban J connectivity index is 3.13. The van der Waals surface area contributed by atoms with E-state index in [2.05, 4.69) is 25.7 Å². The van der Waals surface area contributed by atoms with Crippen LogP contribution in [0.15, 0.2) is 11.0 Å². The minimum atomic E-state index is -4.85. The van der Waals surface area contributed by atoms with Crippen LogP contribution in [0.4, 0.5) is 13.2 Å². The van der Waals surface area contributed by atoms with Crippen LogP contribution in [-0.2, 0) is 5.33 Å². The molecule has 0 aliphatic heterocycles. The normalized spacial score (nSPS) is 11.5. The Morgan fingerprint density at radius 3 is 2.60 bits per heavy atom. The van der Waals surface area contributed by atoms with Crippen LogP contribution in [-0.4, -0.2) is 11.3 Å². The van der Waals surface area contributed by atoms with Gasteiger partial charge in [-0.15, -0.1) is 13.2 Å². The van der Waals surface area contributed by atoms with Crippen molar-refractivity contribution in [2.75, 3.05) is 0 Å². The van der Waals surface area contributed by atoms with Crippen molar-refractivity contribution in [2.45, 2.75) is 18.6 Å². The number of hydrogen-bond acceptors (Lipinski definition) is 2. The van der Waals surface area contributed by atoms with Crippen molar-refractivity contribution < 1.29 is 17.9 Å². The summed E-state index contributed by atoms with van der Waals surface area (Å²) in [4.78, 5) is 13.9. The fourth-order valence-electron chi connectivity index (χ4n) is 0.988. The zero-order valence-corrected chi connectivity index (χ0v) is 9.20. The highest BCUT2D eigenvalue weighted by Gasteiger charge is 2.32. The third-order valence-corrected chi connectivity index (χ3v) is 2.31. The lowest BCUT2D eigenvalue weighted by molar-refractivity contribution is -0.275. The molecule has 0 fully saturated rings. The number of H-pyrrole nitrogens is 1. The summed E-state index contributed by atoms with van der Waals surface area (Å²) in [5, 5.41) is 0.361. The van der Waals surface area contributed by atoms with Gasteiger partial charge in [0.2, 0.25) is 5.43 Å². The van der Waals surface area contributed by atoms with E-state index >= 15 is 0 Å². The Hall–Kier alpha value is -0.980. The maximum Gasteiger partial charge on any atom is 0.573 e.